The second-order valence-corrected chi connectivity index (χ2v) is 6.64. The van der Waals surface area contributed by atoms with Gasteiger partial charge in [-0.2, -0.15) is 5.10 Å². The molecule has 7 nitrogen and oxygen atoms in total. The van der Waals surface area contributed by atoms with Crippen molar-refractivity contribution in [1.29, 1.82) is 0 Å². The predicted molar refractivity (Wildman–Crippen MR) is 104 cm³/mol. The van der Waals surface area contributed by atoms with Crippen LogP contribution in [0.5, 0.6) is 0 Å². The Kier molecular flexibility index (Phi) is 5.12. The molecule has 0 N–H and O–H groups in total. The van der Waals surface area contributed by atoms with Gasteiger partial charge in [-0.3, -0.25) is 9.59 Å². The maximum Gasteiger partial charge on any atom is 0.297 e. The highest BCUT2D eigenvalue weighted by Crippen LogP contribution is 2.23. The van der Waals surface area contributed by atoms with Crippen LogP contribution in [0.2, 0.25) is 0 Å². The number of amides is 1. The Morgan fingerprint density at radius 1 is 1.26 bits per heavy atom. The standard InChI is InChI=1S/C20H24N4O3/c1-6-16(19(25)23(7-2)15-10-8-9-12(3)11-15)24-20(26)18-17(13(4)21-24)14(5)27-22-18/h8-11,16H,6-7H2,1-5H3/t16-/m0/s1. The minimum atomic E-state index is -0.710. The van der Waals surface area contributed by atoms with Crippen molar-refractivity contribution >= 4 is 22.5 Å². The number of fused-ring (bicyclic) bond motifs is 1. The van der Waals surface area contributed by atoms with Crippen molar-refractivity contribution in [3.05, 3.63) is 51.6 Å². The third-order valence-corrected chi connectivity index (χ3v) is 4.76. The summed E-state index contributed by atoms with van der Waals surface area (Å²) in [6.07, 6.45) is 0.440. The first-order valence-corrected chi connectivity index (χ1v) is 9.12. The normalized spacial score (nSPS) is 12.3. The molecule has 0 bridgehead atoms. The van der Waals surface area contributed by atoms with Crippen LogP contribution in [0.25, 0.3) is 10.9 Å². The first-order chi connectivity index (χ1) is 12.9. The molecule has 7 heteroatoms. The van der Waals surface area contributed by atoms with Gasteiger partial charge >= 0.3 is 0 Å². The van der Waals surface area contributed by atoms with E-state index in [9.17, 15) is 9.59 Å². The second kappa shape index (κ2) is 7.34. The summed E-state index contributed by atoms with van der Waals surface area (Å²) in [5, 5.41) is 8.90. The number of rotatable bonds is 5. The molecule has 142 valence electrons. The number of aromatic nitrogens is 3. The number of likely N-dealkylation sites (N-methyl/N-ethyl adjacent to an activating group) is 1. The van der Waals surface area contributed by atoms with E-state index in [1.165, 1.54) is 4.68 Å². The fourth-order valence-electron chi connectivity index (χ4n) is 3.41. The zero-order chi connectivity index (χ0) is 19.7. The fraction of sp³-hybridized carbons (Fsp3) is 0.400. The predicted octanol–water partition coefficient (Wildman–Crippen LogP) is 3.31. The van der Waals surface area contributed by atoms with Crippen molar-refractivity contribution in [3.63, 3.8) is 0 Å². The third kappa shape index (κ3) is 3.25. The lowest BCUT2D eigenvalue weighted by Gasteiger charge is -2.26. The number of hydrogen-bond acceptors (Lipinski definition) is 5. The Hall–Kier alpha value is -2.96. The maximum absolute atomic E-state index is 13.3. The van der Waals surface area contributed by atoms with Gasteiger partial charge in [0.15, 0.2) is 5.52 Å². The summed E-state index contributed by atoms with van der Waals surface area (Å²) >= 11 is 0. The second-order valence-electron chi connectivity index (χ2n) is 6.64. The van der Waals surface area contributed by atoms with E-state index in [0.717, 1.165) is 11.3 Å². The molecule has 0 fully saturated rings. The molecule has 2 aromatic heterocycles. The number of carbonyl (C=O) groups is 1. The fourth-order valence-corrected chi connectivity index (χ4v) is 3.41. The van der Waals surface area contributed by atoms with Crippen LogP contribution in [0.4, 0.5) is 5.69 Å². The number of carbonyl (C=O) groups excluding carboxylic acids is 1. The summed E-state index contributed by atoms with van der Waals surface area (Å²) in [6.45, 7) is 9.80. The molecule has 27 heavy (non-hydrogen) atoms. The summed E-state index contributed by atoms with van der Waals surface area (Å²) in [5.74, 6) is 0.382. The smallest absolute Gasteiger partial charge is 0.297 e. The summed E-state index contributed by atoms with van der Waals surface area (Å²) < 4.78 is 6.41. The molecule has 0 spiro atoms. The van der Waals surface area contributed by atoms with Gasteiger partial charge in [0.05, 0.1) is 11.1 Å². The quantitative estimate of drug-likeness (QED) is 0.690. The largest absolute Gasteiger partial charge is 0.360 e. The summed E-state index contributed by atoms with van der Waals surface area (Å²) in [6, 6.07) is 7.04. The summed E-state index contributed by atoms with van der Waals surface area (Å²) in [7, 11) is 0. The summed E-state index contributed by atoms with van der Waals surface area (Å²) in [4.78, 5) is 27.9. The highest BCUT2D eigenvalue weighted by Gasteiger charge is 2.28. The average Bonchev–Trinajstić information content (AvgIpc) is 3.03. The number of benzene rings is 1. The van der Waals surface area contributed by atoms with Crippen LogP contribution in [-0.4, -0.2) is 27.4 Å². The van der Waals surface area contributed by atoms with Gasteiger partial charge in [0.2, 0.25) is 0 Å². The summed E-state index contributed by atoms with van der Waals surface area (Å²) in [5.41, 5.74) is 2.30. The van der Waals surface area contributed by atoms with Gasteiger partial charge in [0, 0.05) is 12.2 Å². The van der Waals surface area contributed by atoms with Crippen molar-refractivity contribution in [2.45, 2.75) is 47.1 Å². The highest BCUT2D eigenvalue weighted by molar-refractivity contribution is 5.96. The SMILES string of the molecule is CC[C@@H](C(=O)N(CC)c1cccc(C)c1)n1nc(C)c2c(C)onc2c1=O. The molecule has 0 saturated heterocycles. The molecule has 1 atom stereocenters. The molecular weight excluding hydrogens is 344 g/mol. The van der Waals surface area contributed by atoms with Crippen LogP contribution in [0.15, 0.2) is 33.6 Å². The van der Waals surface area contributed by atoms with Gasteiger partial charge in [-0.25, -0.2) is 4.68 Å². The number of anilines is 1. The molecule has 0 unspecified atom stereocenters. The monoisotopic (exact) mass is 368 g/mol. The zero-order valence-corrected chi connectivity index (χ0v) is 16.3. The van der Waals surface area contributed by atoms with Crippen molar-refractivity contribution < 1.29 is 9.32 Å². The molecule has 0 radical (unpaired) electrons. The van der Waals surface area contributed by atoms with E-state index < -0.39 is 11.6 Å². The van der Waals surface area contributed by atoms with Crippen LogP contribution < -0.4 is 10.5 Å². The Morgan fingerprint density at radius 3 is 2.63 bits per heavy atom. The first kappa shape index (κ1) is 18.8. The van der Waals surface area contributed by atoms with Gasteiger partial charge in [-0.05, 0) is 51.8 Å². The van der Waals surface area contributed by atoms with Crippen LogP contribution in [0, 0.1) is 20.8 Å². The molecular formula is C20H24N4O3. The third-order valence-electron chi connectivity index (χ3n) is 4.76. The van der Waals surface area contributed by atoms with Gasteiger partial charge < -0.3 is 9.42 Å². The van der Waals surface area contributed by atoms with Crippen molar-refractivity contribution in [3.8, 4) is 0 Å². The minimum Gasteiger partial charge on any atom is -0.360 e. The molecule has 2 heterocycles. The molecule has 3 rings (SSSR count). The van der Waals surface area contributed by atoms with Gasteiger partial charge in [0.1, 0.15) is 11.8 Å². The van der Waals surface area contributed by atoms with Gasteiger partial charge in [-0.15, -0.1) is 0 Å². The minimum absolute atomic E-state index is 0.167. The Balaban J connectivity index is 2.09. The van der Waals surface area contributed by atoms with E-state index in [1.807, 2.05) is 45.0 Å². The first-order valence-electron chi connectivity index (χ1n) is 9.12. The molecule has 3 aromatic rings. The molecule has 0 saturated carbocycles. The number of nitrogens with zero attached hydrogens (tertiary/aromatic N) is 4. The van der Waals surface area contributed by atoms with Crippen LogP contribution in [0.3, 0.4) is 0 Å². The number of hydrogen-bond donors (Lipinski definition) is 0. The van der Waals surface area contributed by atoms with Crippen LogP contribution in [0.1, 0.15) is 43.3 Å². The Labute approximate surface area is 157 Å². The van der Waals surface area contributed by atoms with E-state index in [1.54, 1.807) is 18.7 Å². The maximum atomic E-state index is 13.3. The van der Waals surface area contributed by atoms with E-state index in [0.29, 0.717) is 29.8 Å². The van der Waals surface area contributed by atoms with Crippen molar-refractivity contribution in [1.82, 2.24) is 14.9 Å². The topological polar surface area (TPSA) is 81.2 Å². The number of aryl methyl sites for hydroxylation is 3. The Bertz CT molecular complexity index is 1050. The van der Waals surface area contributed by atoms with Crippen LogP contribution in [-0.2, 0) is 4.79 Å². The molecule has 0 aliphatic heterocycles. The van der Waals surface area contributed by atoms with E-state index in [4.69, 9.17) is 4.52 Å². The zero-order valence-electron chi connectivity index (χ0n) is 16.3. The average molecular weight is 368 g/mol. The van der Waals surface area contributed by atoms with Gasteiger partial charge in [-0.1, -0.05) is 24.2 Å². The lowest BCUT2D eigenvalue weighted by atomic mass is 10.1. The molecule has 0 aliphatic rings. The molecule has 0 aliphatic carbocycles. The molecule has 1 aromatic carbocycles. The highest BCUT2D eigenvalue weighted by atomic mass is 16.5. The lowest BCUT2D eigenvalue weighted by Crippen LogP contribution is -2.41. The van der Waals surface area contributed by atoms with E-state index in [-0.39, 0.29) is 11.4 Å². The van der Waals surface area contributed by atoms with Crippen molar-refractivity contribution in [2.24, 2.45) is 0 Å². The van der Waals surface area contributed by atoms with Crippen molar-refractivity contribution in [2.75, 3.05) is 11.4 Å². The van der Waals surface area contributed by atoms with E-state index >= 15 is 0 Å². The Morgan fingerprint density at radius 2 is 2.00 bits per heavy atom. The molecule has 1 amide bonds. The van der Waals surface area contributed by atoms with Crippen LogP contribution >= 0.6 is 0 Å². The van der Waals surface area contributed by atoms with Gasteiger partial charge in [0.25, 0.3) is 11.5 Å². The van der Waals surface area contributed by atoms with E-state index in [2.05, 4.69) is 10.3 Å². The lowest BCUT2D eigenvalue weighted by molar-refractivity contribution is -0.122.